The van der Waals surface area contributed by atoms with Crippen LogP contribution in [0.15, 0.2) is 41.9 Å². The number of carbonyl (C=O) groups is 1. The van der Waals surface area contributed by atoms with Gasteiger partial charge in [0.2, 0.25) is 0 Å². The lowest BCUT2D eigenvalue weighted by atomic mass is 10.0. The van der Waals surface area contributed by atoms with Crippen LogP contribution < -0.4 is 10.1 Å². The molecule has 0 aliphatic rings. The van der Waals surface area contributed by atoms with Crippen molar-refractivity contribution in [3.05, 3.63) is 47.5 Å². The highest BCUT2D eigenvalue weighted by atomic mass is 32.1. The minimum Gasteiger partial charge on any atom is -0.494 e. The normalized spacial score (nSPS) is 10.7. The van der Waals surface area contributed by atoms with Gasteiger partial charge in [-0.05, 0) is 30.0 Å². The summed E-state index contributed by atoms with van der Waals surface area (Å²) in [6.45, 7) is 2.00. The van der Waals surface area contributed by atoms with Crippen LogP contribution in [0.2, 0.25) is 0 Å². The molecule has 1 aromatic carbocycles. The first kappa shape index (κ1) is 15.5. The van der Waals surface area contributed by atoms with Crippen molar-refractivity contribution in [2.24, 2.45) is 0 Å². The molecule has 0 unspecified atom stereocenters. The number of carbonyl (C=O) groups excluding carboxylic acids is 1. The molecule has 0 atom stereocenters. The van der Waals surface area contributed by atoms with E-state index < -0.39 is 0 Å². The lowest BCUT2D eigenvalue weighted by Gasteiger charge is -2.14. The number of Topliss-reactive ketones (excluding diaryl/α,β-unsaturated/α-hetero) is 1. The summed E-state index contributed by atoms with van der Waals surface area (Å²) in [7, 11) is 1.62. The molecule has 0 saturated carbocycles. The lowest BCUT2D eigenvalue weighted by Crippen LogP contribution is -2.05. The number of hydrogen-bond donors (Lipinski definition) is 1. The number of ketones is 1. The second-order valence-corrected chi connectivity index (χ2v) is 6.13. The van der Waals surface area contributed by atoms with Crippen molar-refractivity contribution in [1.82, 2.24) is 4.98 Å². The molecule has 0 aliphatic heterocycles. The lowest BCUT2D eigenvalue weighted by molar-refractivity contribution is 0.0982. The van der Waals surface area contributed by atoms with Gasteiger partial charge in [0.1, 0.15) is 11.3 Å². The maximum atomic E-state index is 12.5. The largest absolute Gasteiger partial charge is 0.494 e. The molecule has 5 heteroatoms. The summed E-state index contributed by atoms with van der Waals surface area (Å²) >= 11 is 1.60. The van der Waals surface area contributed by atoms with Crippen molar-refractivity contribution in [2.45, 2.75) is 19.8 Å². The minimum atomic E-state index is 0.101. The molecule has 118 valence electrons. The average molecular weight is 326 g/mol. The second kappa shape index (κ2) is 6.79. The van der Waals surface area contributed by atoms with E-state index in [4.69, 9.17) is 4.74 Å². The number of ether oxygens (including phenoxy) is 1. The number of hydrogen-bond acceptors (Lipinski definition) is 5. The van der Waals surface area contributed by atoms with Crippen molar-refractivity contribution >= 4 is 38.7 Å². The zero-order valence-corrected chi connectivity index (χ0v) is 13.9. The number of fused-ring (bicyclic) bond motifs is 1. The van der Waals surface area contributed by atoms with Gasteiger partial charge in [0.25, 0.3) is 0 Å². The van der Waals surface area contributed by atoms with E-state index in [1.165, 1.54) is 0 Å². The Morgan fingerprint density at radius 1 is 1.30 bits per heavy atom. The van der Waals surface area contributed by atoms with Crippen LogP contribution in [0.5, 0.6) is 5.75 Å². The molecular weight excluding hydrogens is 308 g/mol. The zero-order chi connectivity index (χ0) is 16.2. The molecule has 1 N–H and O–H groups in total. The van der Waals surface area contributed by atoms with E-state index in [1.54, 1.807) is 24.6 Å². The molecule has 0 radical (unpaired) electrons. The van der Waals surface area contributed by atoms with Crippen molar-refractivity contribution in [3.63, 3.8) is 0 Å². The Labute approximate surface area is 139 Å². The van der Waals surface area contributed by atoms with Gasteiger partial charge in [-0.25, -0.2) is 0 Å². The number of benzene rings is 1. The molecule has 0 spiro atoms. The van der Waals surface area contributed by atoms with Crippen LogP contribution in [0.25, 0.3) is 10.9 Å². The predicted molar refractivity (Wildman–Crippen MR) is 95.1 cm³/mol. The molecule has 3 rings (SSSR count). The Morgan fingerprint density at radius 2 is 2.17 bits per heavy atom. The Balaban J connectivity index is 2.20. The van der Waals surface area contributed by atoms with Gasteiger partial charge < -0.3 is 10.1 Å². The summed E-state index contributed by atoms with van der Waals surface area (Å²) in [5.41, 5.74) is 2.18. The molecule has 0 bridgehead atoms. The van der Waals surface area contributed by atoms with E-state index in [-0.39, 0.29) is 5.78 Å². The molecule has 0 aliphatic carbocycles. The van der Waals surface area contributed by atoms with E-state index in [1.807, 2.05) is 42.6 Å². The van der Waals surface area contributed by atoms with Gasteiger partial charge in [0, 0.05) is 18.0 Å². The number of anilines is 2. The number of rotatable bonds is 6. The fourth-order valence-electron chi connectivity index (χ4n) is 2.54. The van der Waals surface area contributed by atoms with Crippen LogP contribution in [-0.2, 0) is 0 Å². The number of methoxy groups -OCH3 is 1. The van der Waals surface area contributed by atoms with Crippen molar-refractivity contribution in [2.75, 3.05) is 12.4 Å². The molecule has 2 heterocycles. The standard InChI is InChI=1S/C18H18N2O2S/c1-3-6-14(21)13-11-19-18-12(7-4-8-15(18)22-2)17(13)20-16-9-5-10-23-16/h4-5,7-11H,3,6H2,1-2H3,(H,19,20). The van der Waals surface area contributed by atoms with Gasteiger partial charge in [-0.2, -0.15) is 0 Å². The number of nitrogens with zero attached hydrogens (tertiary/aromatic N) is 1. The molecule has 3 aromatic rings. The van der Waals surface area contributed by atoms with Crippen LogP contribution >= 0.6 is 11.3 Å². The maximum Gasteiger partial charge on any atom is 0.166 e. The van der Waals surface area contributed by atoms with Gasteiger partial charge in [-0.15, -0.1) is 11.3 Å². The van der Waals surface area contributed by atoms with E-state index in [9.17, 15) is 4.79 Å². The van der Waals surface area contributed by atoms with Crippen LogP contribution in [0.4, 0.5) is 10.7 Å². The minimum absolute atomic E-state index is 0.101. The number of aromatic nitrogens is 1. The predicted octanol–water partition coefficient (Wildman–Crippen LogP) is 5.03. The first-order chi connectivity index (χ1) is 11.2. The van der Waals surface area contributed by atoms with Crippen molar-refractivity contribution in [3.8, 4) is 5.75 Å². The third kappa shape index (κ3) is 3.05. The number of para-hydroxylation sites is 1. The van der Waals surface area contributed by atoms with E-state index in [2.05, 4.69) is 10.3 Å². The monoisotopic (exact) mass is 326 g/mol. The highest BCUT2D eigenvalue weighted by Crippen LogP contribution is 2.35. The summed E-state index contributed by atoms with van der Waals surface area (Å²) in [6, 6.07) is 9.72. The summed E-state index contributed by atoms with van der Waals surface area (Å²) in [4.78, 5) is 16.9. The SMILES string of the molecule is CCCC(=O)c1cnc2c(OC)cccc2c1Nc1cccs1. The van der Waals surface area contributed by atoms with Gasteiger partial charge in [0.05, 0.1) is 23.4 Å². The fraction of sp³-hybridized carbons (Fsp3) is 0.222. The highest BCUT2D eigenvalue weighted by Gasteiger charge is 2.17. The van der Waals surface area contributed by atoms with Crippen LogP contribution in [0, 0.1) is 0 Å². The smallest absolute Gasteiger partial charge is 0.166 e. The number of nitrogens with one attached hydrogen (secondary N) is 1. The van der Waals surface area contributed by atoms with Crippen LogP contribution in [0.1, 0.15) is 30.1 Å². The number of pyridine rings is 1. The van der Waals surface area contributed by atoms with Gasteiger partial charge in [-0.3, -0.25) is 9.78 Å². The Bertz CT molecular complexity index is 828. The van der Waals surface area contributed by atoms with E-state index in [0.29, 0.717) is 17.7 Å². The van der Waals surface area contributed by atoms with E-state index in [0.717, 1.165) is 28.0 Å². The Morgan fingerprint density at radius 3 is 2.87 bits per heavy atom. The topological polar surface area (TPSA) is 51.2 Å². The summed E-state index contributed by atoms with van der Waals surface area (Å²) in [5, 5.41) is 7.27. The first-order valence-corrected chi connectivity index (χ1v) is 8.42. The zero-order valence-electron chi connectivity index (χ0n) is 13.1. The number of thiophene rings is 1. The quantitative estimate of drug-likeness (QED) is 0.645. The fourth-order valence-corrected chi connectivity index (χ4v) is 3.16. The average Bonchev–Trinajstić information content (AvgIpc) is 3.07. The van der Waals surface area contributed by atoms with Crippen LogP contribution in [-0.4, -0.2) is 17.9 Å². The summed E-state index contributed by atoms with van der Waals surface area (Å²) < 4.78 is 5.39. The highest BCUT2D eigenvalue weighted by molar-refractivity contribution is 7.14. The molecule has 4 nitrogen and oxygen atoms in total. The second-order valence-electron chi connectivity index (χ2n) is 5.18. The maximum absolute atomic E-state index is 12.5. The van der Waals surface area contributed by atoms with Gasteiger partial charge >= 0.3 is 0 Å². The first-order valence-electron chi connectivity index (χ1n) is 7.54. The Hall–Kier alpha value is -2.40. The third-order valence-corrected chi connectivity index (χ3v) is 4.41. The molecule has 2 aromatic heterocycles. The van der Waals surface area contributed by atoms with Gasteiger partial charge in [-0.1, -0.05) is 19.1 Å². The molecule has 0 fully saturated rings. The molecular formula is C18H18N2O2S. The molecule has 0 saturated heterocycles. The van der Waals surface area contributed by atoms with Crippen molar-refractivity contribution in [1.29, 1.82) is 0 Å². The molecule has 0 amide bonds. The summed E-state index contributed by atoms with van der Waals surface area (Å²) in [5.74, 6) is 0.801. The third-order valence-electron chi connectivity index (χ3n) is 3.63. The van der Waals surface area contributed by atoms with Crippen molar-refractivity contribution < 1.29 is 9.53 Å². The Kier molecular flexibility index (Phi) is 4.57. The molecule has 23 heavy (non-hydrogen) atoms. The van der Waals surface area contributed by atoms with E-state index >= 15 is 0 Å². The summed E-state index contributed by atoms with van der Waals surface area (Å²) in [6.07, 6.45) is 2.97. The van der Waals surface area contributed by atoms with Gasteiger partial charge in [0.15, 0.2) is 5.78 Å². The van der Waals surface area contributed by atoms with Crippen LogP contribution in [0.3, 0.4) is 0 Å².